The maximum absolute atomic E-state index is 12.8. The second kappa shape index (κ2) is 54.9. The number of carbonyl (C=O) groups is 2. The number of nitrogens with zero attached hydrogens (tertiary/aromatic N) is 1. The molecule has 0 aromatic heterocycles. The van der Waals surface area contributed by atoms with Crippen LogP contribution < -0.4 is 4.89 Å². The molecule has 424 valence electrons. The van der Waals surface area contributed by atoms with E-state index in [4.69, 9.17) is 18.5 Å². The fourth-order valence-electron chi connectivity index (χ4n) is 6.59. The van der Waals surface area contributed by atoms with Gasteiger partial charge in [0, 0.05) is 12.8 Å². The zero-order valence-corrected chi connectivity index (χ0v) is 48.8. The van der Waals surface area contributed by atoms with Gasteiger partial charge in [-0.3, -0.25) is 14.2 Å². The summed E-state index contributed by atoms with van der Waals surface area (Å²) in [4.78, 5) is 37.8. The van der Waals surface area contributed by atoms with Crippen molar-refractivity contribution in [1.82, 2.24) is 0 Å². The van der Waals surface area contributed by atoms with Gasteiger partial charge in [-0.2, -0.15) is 0 Å². The number of phosphoric acid groups is 1. The quantitative estimate of drug-likeness (QED) is 0.0195. The predicted octanol–water partition coefficient (Wildman–Crippen LogP) is 17.4. The molecule has 0 fully saturated rings. The standard InChI is InChI=1S/C66H102NO8P/c1-6-8-10-12-14-16-18-20-22-24-26-27-28-29-30-31-32-33-34-35-36-37-38-39-41-43-45-47-49-51-53-55-57-59-66(69)75-64(63-74-76(70,71)73-61-60-67(3,4)5)62-72-65(68)58-56-54-52-50-48-46-44-42-40-25-23-21-19-17-15-13-11-9-7-2/h8-11,14-17,20-23,26-27,29-30,32-33,35-36,38-40,42-43,45-46,48-49,51,64H,6-7,12-13,18-19,24-25,28,31,34,37,41,44,47,50,52-63H2,1-5H3/b10-8-,11-9-,16-14-,17-15-,22-20-,23-21-,27-26-,30-29-,33-32-,36-35-,39-38-,42-40-,45-43-,48-46-,51-49-. The smallest absolute Gasteiger partial charge is 0.306 e. The van der Waals surface area contributed by atoms with Gasteiger partial charge in [0.1, 0.15) is 19.8 Å². The van der Waals surface area contributed by atoms with Crippen molar-refractivity contribution in [3.63, 3.8) is 0 Å². The van der Waals surface area contributed by atoms with Gasteiger partial charge in [-0.1, -0.05) is 203 Å². The first-order chi connectivity index (χ1) is 37.0. The summed E-state index contributed by atoms with van der Waals surface area (Å²) in [5.41, 5.74) is 0. The molecule has 0 bridgehead atoms. The molecule has 0 heterocycles. The SMILES string of the molecule is CC/C=C\C/C=C\C/C=C\C/C=C\C/C=C\C/C=C\C/C=C\C/C=C\C/C=C\C/C=C\CCCCC(=O)OC(COC(=O)CCCCC/C=C\C/C=C\C/C=C\C/C=C\C/C=C\CC)COP(=O)([O-])OCC[N+](C)(C)C. The Morgan fingerprint density at radius 1 is 0.408 bits per heavy atom. The second-order valence-electron chi connectivity index (χ2n) is 19.2. The van der Waals surface area contributed by atoms with E-state index >= 15 is 0 Å². The lowest BCUT2D eigenvalue weighted by Gasteiger charge is -2.28. The van der Waals surface area contributed by atoms with Crippen LogP contribution in [0.4, 0.5) is 0 Å². The lowest BCUT2D eigenvalue weighted by Crippen LogP contribution is -2.37. The molecular weight excluding hydrogens is 966 g/mol. The van der Waals surface area contributed by atoms with E-state index in [0.717, 1.165) is 128 Å². The number of unbranched alkanes of at least 4 members (excludes halogenated alkanes) is 5. The van der Waals surface area contributed by atoms with Crippen LogP contribution >= 0.6 is 7.82 Å². The van der Waals surface area contributed by atoms with Gasteiger partial charge in [-0.25, -0.2) is 0 Å². The molecule has 0 spiro atoms. The number of carbonyl (C=O) groups excluding carboxylic acids is 2. The summed E-state index contributed by atoms with van der Waals surface area (Å²) in [5.74, 6) is -0.943. The van der Waals surface area contributed by atoms with Crippen molar-refractivity contribution in [2.45, 2.75) is 174 Å². The molecule has 9 nitrogen and oxygen atoms in total. The Balaban J connectivity index is 4.38. The summed E-state index contributed by atoms with van der Waals surface area (Å²) in [5, 5.41) is 0. The third-order valence-electron chi connectivity index (χ3n) is 10.9. The molecule has 0 saturated heterocycles. The molecule has 2 unspecified atom stereocenters. The van der Waals surface area contributed by atoms with Crippen LogP contribution in [0, 0.1) is 0 Å². The number of phosphoric ester groups is 1. The number of ether oxygens (including phenoxy) is 2. The van der Waals surface area contributed by atoms with E-state index in [1.165, 1.54) is 0 Å². The Morgan fingerprint density at radius 3 is 1.05 bits per heavy atom. The average Bonchev–Trinajstić information content (AvgIpc) is 3.38. The van der Waals surface area contributed by atoms with E-state index in [1.54, 1.807) is 0 Å². The van der Waals surface area contributed by atoms with Crippen molar-refractivity contribution in [3.8, 4) is 0 Å². The normalized spacial score (nSPS) is 14.7. The van der Waals surface area contributed by atoms with Crippen LogP contribution in [-0.4, -0.2) is 70.0 Å². The van der Waals surface area contributed by atoms with Crippen LogP contribution in [0.15, 0.2) is 182 Å². The van der Waals surface area contributed by atoms with Crippen LogP contribution in [0.1, 0.15) is 168 Å². The van der Waals surface area contributed by atoms with Crippen LogP contribution in [0.3, 0.4) is 0 Å². The first kappa shape index (κ1) is 71.1. The van der Waals surface area contributed by atoms with Crippen LogP contribution in [0.25, 0.3) is 0 Å². The molecule has 0 amide bonds. The number of allylic oxidation sites excluding steroid dienone is 30. The number of hydrogen-bond donors (Lipinski definition) is 0. The Morgan fingerprint density at radius 2 is 0.711 bits per heavy atom. The summed E-state index contributed by atoms with van der Waals surface area (Å²) in [7, 11) is 1.08. The third kappa shape index (κ3) is 58.4. The zero-order chi connectivity index (χ0) is 55.6. The van der Waals surface area contributed by atoms with Gasteiger partial charge in [0.05, 0.1) is 27.7 Å². The zero-order valence-electron chi connectivity index (χ0n) is 47.9. The number of rotatable bonds is 49. The van der Waals surface area contributed by atoms with Gasteiger partial charge in [0.15, 0.2) is 6.10 Å². The highest BCUT2D eigenvalue weighted by atomic mass is 31.2. The van der Waals surface area contributed by atoms with Crippen molar-refractivity contribution in [1.29, 1.82) is 0 Å². The molecule has 10 heteroatoms. The van der Waals surface area contributed by atoms with Crippen molar-refractivity contribution in [2.75, 3.05) is 47.5 Å². The van der Waals surface area contributed by atoms with Gasteiger partial charge in [-0.15, -0.1) is 0 Å². The lowest BCUT2D eigenvalue weighted by molar-refractivity contribution is -0.870. The maximum Gasteiger partial charge on any atom is 0.306 e. The van der Waals surface area contributed by atoms with E-state index in [2.05, 4.69) is 196 Å². The van der Waals surface area contributed by atoms with Gasteiger partial charge in [0.25, 0.3) is 7.82 Å². The molecule has 0 rings (SSSR count). The Hall–Kier alpha value is -4.89. The Labute approximate surface area is 463 Å². The van der Waals surface area contributed by atoms with Crippen molar-refractivity contribution >= 4 is 19.8 Å². The molecule has 0 aromatic carbocycles. The second-order valence-corrected chi connectivity index (χ2v) is 20.6. The van der Waals surface area contributed by atoms with Gasteiger partial charge >= 0.3 is 11.9 Å². The minimum atomic E-state index is -4.67. The maximum atomic E-state index is 12.8. The molecule has 0 radical (unpaired) electrons. The predicted molar refractivity (Wildman–Crippen MR) is 323 cm³/mol. The average molecular weight is 1070 g/mol. The molecule has 0 N–H and O–H groups in total. The Kier molecular flexibility index (Phi) is 51.4. The number of quaternary nitrogens is 1. The lowest BCUT2D eigenvalue weighted by atomic mass is 10.1. The third-order valence-corrected chi connectivity index (χ3v) is 11.9. The largest absolute Gasteiger partial charge is 0.756 e. The molecule has 0 aliphatic carbocycles. The monoisotopic (exact) mass is 1070 g/mol. The molecule has 0 saturated carbocycles. The first-order valence-electron chi connectivity index (χ1n) is 28.5. The summed E-state index contributed by atoms with van der Waals surface area (Å²) >= 11 is 0. The molecule has 2 atom stereocenters. The van der Waals surface area contributed by atoms with E-state index in [0.29, 0.717) is 23.9 Å². The summed E-state index contributed by atoms with van der Waals surface area (Å²) in [6.45, 7) is 3.87. The van der Waals surface area contributed by atoms with Crippen molar-refractivity contribution in [2.24, 2.45) is 0 Å². The van der Waals surface area contributed by atoms with E-state index in [9.17, 15) is 19.0 Å². The summed E-state index contributed by atoms with van der Waals surface area (Å²) in [6, 6.07) is 0. The van der Waals surface area contributed by atoms with Crippen LogP contribution in [-0.2, 0) is 32.7 Å². The highest BCUT2D eigenvalue weighted by Gasteiger charge is 2.21. The van der Waals surface area contributed by atoms with E-state index < -0.39 is 32.5 Å². The molecular formula is C66H102NO8P. The molecule has 0 aromatic rings. The fourth-order valence-corrected chi connectivity index (χ4v) is 7.32. The minimum Gasteiger partial charge on any atom is -0.756 e. The van der Waals surface area contributed by atoms with Crippen molar-refractivity contribution in [3.05, 3.63) is 182 Å². The highest BCUT2D eigenvalue weighted by molar-refractivity contribution is 7.45. The summed E-state index contributed by atoms with van der Waals surface area (Å²) < 4.78 is 34.0. The first-order valence-corrected chi connectivity index (χ1v) is 30.0. The fraction of sp³-hybridized carbons (Fsp3) is 0.515. The summed E-state index contributed by atoms with van der Waals surface area (Å²) in [6.07, 6.45) is 85.1. The number of likely N-dealkylation sites (N-methyl/N-ethyl adjacent to an activating group) is 1. The molecule has 76 heavy (non-hydrogen) atoms. The van der Waals surface area contributed by atoms with E-state index in [-0.39, 0.29) is 26.1 Å². The van der Waals surface area contributed by atoms with Gasteiger partial charge in [-0.05, 0) is 135 Å². The molecule has 0 aliphatic heterocycles. The van der Waals surface area contributed by atoms with Crippen LogP contribution in [0.2, 0.25) is 0 Å². The number of hydrogen-bond acceptors (Lipinski definition) is 8. The topological polar surface area (TPSA) is 111 Å². The Bertz CT molecular complexity index is 1930. The van der Waals surface area contributed by atoms with Crippen molar-refractivity contribution < 1.29 is 42.1 Å². The highest BCUT2D eigenvalue weighted by Crippen LogP contribution is 2.38. The molecule has 0 aliphatic rings. The van der Waals surface area contributed by atoms with Gasteiger partial charge < -0.3 is 27.9 Å². The van der Waals surface area contributed by atoms with Crippen LogP contribution in [0.5, 0.6) is 0 Å². The van der Waals surface area contributed by atoms with Gasteiger partial charge in [0.2, 0.25) is 0 Å². The number of esters is 2. The minimum absolute atomic E-state index is 0.0569. The van der Waals surface area contributed by atoms with E-state index in [1.807, 2.05) is 21.1 Å².